The first-order valence-corrected chi connectivity index (χ1v) is 12.1. The molecular formula is C25H30F6N6O. The minimum atomic E-state index is -5.22. The molecule has 0 saturated heterocycles. The van der Waals surface area contributed by atoms with Crippen molar-refractivity contribution in [2.75, 3.05) is 37.8 Å². The molecule has 208 valence electrons. The number of halogens is 6. The molecule has 3 aromatic rings. The number of ether oxygens (including phenoxy) is 1. The fraction of sp³-hybridized carbons (Fsp3) is 0.480. The molecule has 0 unspecified atom stereocenters. The third kappa shape index (κ3) is 6.20. The summed E-state index contributed by atoms with van der Waals surface area (Å²) in [4.78, 5) is 12.3. The van der Waals surface area contributed by atoms with Gasteiger partial charge in [-0.05, 0) is 31.4 Å². The molecular weight excluding hydrogens is 514 g/mol. The Morgan fingerprint density at radius 2 is 1.74 bits per heavy atom. The van der Waals surface area contributed by atoms with Crippen LogP contribution in [0, 0.1) is 23.4 Å². The number of pyridine rings is 1. The molecule has 0 bridgehead atoms. The first kappa shape index (κ1) is 29.2. The maximum Gasteiger partial charge on any atom is 0.417 e. The average molecular weight is 545 g/mol. The highest BCUT2D eigenvalue weighted by Crippen LogP contribution is 2.43. The van der Waals surface area contributed by atoms with E-state index in [-0.39, 0.29) is 35.4 Å². The maximum atomic E-state index is 15.9. The Morgan fingerprint density at radius 1 is 1.03 bits per heavy atom. The van der Waals surface area contributed by atoms with Crippen LogP contribution in [0.2, 0.25) is 0 Å². The lowest BCUT2D eigenvalue weighted by molar-refractivity contribution is -0.137. The number of nitrogens with zero attached hydrogens (tertiary/aromatic N) is 3. The number of alkyl halides is 3. The molecule has 2 aromatic heterocycles. The number of nitrogens with two attached hydrogens (primary N) is 1. The fourth-order valence-electron chi connectivity index (χ4n) is 3.90. The Labute approximate surface area is 216 Å². The van der Waals surface area contributed by atoms with Gasteiger partial charge in [-0.25, -0.2) is 18.2 Å². The van der Waals surface area contributed by atoms with Crippen molar-refractivity contribution in [3.05, 3.63) is 34.8 Å². The molecule has 3 rings (SSSR count). The van der Waals surface area contributed by atoms with Crippen molar-refractivity contribution in [2.24, 2.45) is 5.92 Å². The molecule has 1 aromatic carbocycles. The summed E-state index contributed by atoms with van der Waals surface area (Å²) in [6.07, 6.45) is -3.60. The lowest BCUT2D eigenvalue weighted by Gasteiger charge is -2.19. The summed E-state index contributed by atoms with van der Waals surface area (Å²) in [5.41, 5.74) is -0.164. The predicted molar refractivity (Wildman–Crippen MR) is 133 cm³/mol. The largest absolute Gasteiger partial charge is 0.467 e. The molecule has 2 heterocycles. The second-order valence-electron chi connectivity index (χ2n) is 9.12. The van der Waals surface area contributed by atoms with Gasteiger partial charge in [-0.1, -0.05) is 27.2 Å². The average Bonchev–Trinajstić information content (AvgIpc) is 2.85. The zero-order valence-electron chi connectivity index (χ0n) is 21.5. The van der Waals surface area contributed by atoms with Crippen LogP contribution in [0.15, 0.2) is 6.07 Å². The van der Waals surface area contributed by atoms with Crippen molar-refractivity contribution in [3.8, 4) is 17.3 Å². The summed E-state index contributed by atoms with van der Waals surface area (Å²) in [6, 6.07) is -0.236. The Bertz CT molecular complexity index is 1300. The van der Waals surface area contributed by atoms with E-state index in [1.54, 1.807) is 6.92 Å². The van der Waals surface area contributed by atoms with E-state index in [0.717, 1.165) is 13.0 Å². The minimum absolute atomic E-state index is 0.0262. The van der Waals surface area contributed by atoms with Gasteiger partial charge in [-0.15, -0.1) is 0 Å². The van der Waals surface area contributed by atoms with Crippen LogP contribution in [0.5, 0.6) is 6.01 Å². The zero-order chi connectivity index (χ0) is 28.2. The number of hydrogen-bond donors (Lipinski definition) is 3. The molecule has 0 saturated carbocycles. The SMILES string of the molecule is CCCc1nc(-c2c(C(F)(F)F)cc(F)c(N)c2F)c(F)c2nc(OC)nc(NCCNCCC(C)C)c12. The smallest absolute Gasteiger partial charge is 0.417 e. The lowest BCUT2D eigenvalue weighted by Crippen LogP contribution is -2.24. The van der Waals surface area contributed by atoms with Gasteiger partial charge in [0.1, 0.15) is 28.5 Å². The highest BCUT2D eigenvalue weighted by molar-refractivity contribution is 5.94. The van der Waals surface area contributed by atoms with Crippen LogP contribution in [0.3, 0.4) is 0 Å². The van der Waals surface area contributed by atoms with E-state index in [4.69, 9.17) is 10.5 Å². The predicted octanol–water partition coefficient (Wildman–Crippen LogP) is 5.72. The number of nitrogen functional groups attached to an aromatic ring is 1. The third-order valence-corrected chi connectivity index (χ3v) is 5.80. The third-order valence-electron chi connectivity index (χ3n) is 5.80. The van der Waals surface area contributed by atoms with E-state index in [9.17, 15) is 17.6 Å². The number of benzene rings is 1. The number of aromatic nitrogens is 3. The molecule has 0 fully saturated rings. The van der Waals surface area contributed by atoms with E-state index in [1.165, 1.54) is 7.11 Å². The summed E-state index contributed by atoms with van der Waals surface area (Å²) in [7, 11) is 1.24. The van der Waals surface area contributed by atoms with Crippen LogP contribution in [0.1, 0.15) is 44.9 Å². The fourth-order valence-corrected chi connectivity index (χ4v) is 3.90. The van der Waals surface area contributed by atoms with Crippen LogP contribution in [-0.2, 0) is 12.6 Å². The highest BCUT2D eigenvalue weighted by Gasteiger charge is 2.39. The molecule has 7 nitrogen and oxygen atoms in total. The summed E-state index contributed by atoms with van der Waals surface area (Å²) in [6.45, 7) is 7.71. The van der Waals surface area contributed by atoms with Crippen LogP contribution in [0.25, 0.3) is 22.2 Å². The van der Waals surface area contributed by atoms with E-state index in [0.29, 0.717) is 25.4 Å². The molecule has 13 heteroatoms. The monoisotopic (exact) mass is 544 g/mol. The van der Waals surface area contributed by atoms with Gasteiger partial charge in [-0.2, -0.15) is 23.1 Å². The van der Waals surface area contributed by atoms with Gasteiger partial charge in [0.2, 0.25) is 0 Å². The topological polar surface area (TPSA) is 98.0 Å². The number of nitrogens with one attached hydrogen (secondary N) is 2. The van der Waals surface area contributed by atoms with Crippen molar-refractivity contribution in [1.82, 2.24) is 20.3 Å². The van der Waals surface area contributed by atoms with Gasteiger partial charge in [0.15, 0.2) is 11.6 Å². The van der Waals surface area contributed by atoms with Crippen LogP contribution < -0.4 is 21.1 Å². The van der Waals surface area contributed by atoms with Crippen LogP contribution in [0.4, 0.5) is 37.8 Å². The Balaban J connectivity index is 2.21. The number of rotatable bonds is 11. The van der Waals surface area contributed by atoms with Gasteiger partial charge in [0.05, 0.1) is 29.3 Å². The van der Waals surface area contributed by atoms with Crippen molar-refractivity contribution >= 4 is 22.4 Å². The molecule has 0 atom stereocenters. The summed E-state index contributed by atoms with van der Waals surface area (Å²) >= 11 is 0. The molecule has 0 aliphatic carbocycles. The van der Waals surface area contributed by atoms with E-state index >= 15 is 8.78 Å². The molecule has 0 spiro atoms. The standard InChI is InChI=1S/C25H30F6N6O/c1-5-6-15-17-22(36-24(38-4)37-23(17)34-10-9-33-8-7-12(2)3)19(28)21(35-15)16-13(25(29,30)31)11-14(26)20(32)18(16)27/h11-12,33H,5-10,32H2,1-4H3,(H,34,36,37). The zero-order valence-corrected chi connectivity index (χ0v) is 21.5. The number of hydrogen-bond acceptors (Lipinski definition) is 7. The summed E-state index contributed by atoms with van der Waals surface area (Å²) in [5, 5.41) is 6.46. The van der Waals surface area contributed by atoms with Crippen molar-refractivity contribution in [1.29, 1.82) is 0 Å². The van der Waals surface area contributed by atoms with Crippen LogP contribution >= 0.6 is 0 Å². The molecule has 38 heavy (non-hydrogen) atoms. The van der Waals surface area contributed by atoms with E-state index in [2.05, 4.69) is 39.4 Å². The minimum Gasteiger partial charge on any atom is -0.467 e. The second kappa shape index (κ2) is 12.0. The quantitative estimate of drug-likeness (QED) is 0.161. The normalized spacial score (nSPS) is 12.0. The molecule has 0 aliphatic heterocycles. The van der Waals surface area contributed by atoms with E-state index < -0.39 is 51.7 Å². The van der Waals surface area contributed by atoms with Gasteiger partial charge in [0.25, 0.3) is 0 Å². The molecule has 0 amide bonds. The van der Waals surface area contributed by atoms with Gasteiger partial charge >= 0.3 is 12.2 Å². The molecule has 0 aliphatic rings. The first-order valence-electron chi connectivity index (χ1n) is 12.1. The Morgan fingerprint density at radius 3 is 2.34 bits per heavy atom. The van der Waals surface area contributed by atoms with Gasteiger partial charge in [-0.3, -0.25) is 0 Å². The Hall–Kier alpha value is -3.35. The highest BCUT2D eigenvalue weighted by atomic mass is 19.4. The second-order valence-corrected chi connectivity index (χ2v) is 9.12. The van der Waals surface area contributed by atoms with Gasteiger partial charge in [0, 0.05) is 13.1 Å². The lowest BCUT2D eigenvalue weighted by atomic mass is 9.98. The number of methoxy groups -OCH3 is 1. The van der Waals surface area contributed by atoms with E-state index in [1.807, 2.05) is 0 Å². The van der Waals surface area contributed by atoms with Gasteiger partial charge < -0.3 is 21.1 Å². The Kier molecular flexibility index (Phi) is 9.23. The van der Waals surface area contributed by atoms with Crippen molar-refractivity contribution in [2.45, 2.75) is 46.2 Å². The molecule has 0 radical (unpaired) electrons. The summed E-state index contributed by atoms with van der Waals surface area (Å²) in [5.74, 6) is -4.05. The van der Waals surface area contributed by atoms with Crippen LogP contribution in [-0.4, -0.2) is 41.7 Å². The maximum absolute atomic E-state index is 15.9. The number of aryl methyl sites for hydroxylation is 1. The van der Waals surface area contributed by atoms with Crippen molar-refractivity contribution in [3.63, 3.8) is 0 Å². The molecule has 4 N–H and O–H groups in total. The van der Waals surface area contributed by atoms with Crippen molar-refractivity contribution < 1.29 is 31.1 Å². The first-order chi connectivity index (χ1) is 17.9. The number of anilines is 2. The number of fused-ring (bicyclic) bond motifs is 1. The summed E-state index contributed by atoms with van der Waals surface area (Å²) < 4.78 is 91.4.